The quantitative estimate of drug-likeness (QED) is 0.170. The largest absolute Gasteiger partial charge is 0.321 e. The van der Waals surface area contributed by atoms with Crippen molar-refractivity contribution in [3.63, 3.8) is 0 Å². The Balaban J connectivity index is 1.33. The molecule has 0 spiro atoms. The minimum absolute atomic E-state index is 0.310. The van der Waals surface area contributed by atoms with Crippen LogP contribution in [0.2, 0.25) is 0 Å². The summed E-state index contributed by atoms with van der Waals surface area (Å²) in [5, 5.41) is 0. The van der Waals surface area contributed by atoms with Crippen molar-refractivity contribution in [3.8, 4) is 22.3 Å². The molecule has 5 aromatic carbocycles. The highest BCUT2D eigenvalue weighted by Gasteiger charge is 2.15. The highest BCUT2D eigenvalue weighted by atomic mass is 14.6. The third-order valence-electron chi connectivity index (χ3n) is 9.53. The monoisotopic (exact) mass is 645 g/mol. The van der Waals surface area contributed by atoms with Gasteiger partial charge in [-0.1, -0.05) is 164 Å². The molecule has 0 fully saturated rings. The molecule has 0 heterocycles. The summed E-state index contributed by atoms with van der Waals surface area (Å²) in [6.45, 7) is 2.09. The van der Waals surface area contributed by atoms with Gasteiger partial charge in [0.05, 0.1) is 0 Å². The molecular weight excluding hydrogens is 603 g/mol. The molecule has 2 aliphatic rings. The van der Waals surface area contributed by atoms with E-state index in [9.17, 15) is 0 Å². The van der Waals surface area contributed by atoms with E-state index in [0.29, 0.717) is 0 Å². The summed E-state index contributed by atoms with van der Waals surface area (Å²) in [5.74, 6) is 0. The number of allylic oxidation sites excluding steroid dienone is 12. The highest BCUT2D eigenvalue weighted by molar-refractivity contribution is 5.87. The summed E-state index contributed by atoms with van der Waals surface area (Å²) in [4.78, 5) is 0. The van der Waals surface area contributed by atoms with Gasteiger partial charge < -0.3 is 5.73 Å². The average Bonchev–Trinajstić information content (AvgIpc) is 3.20. The Morgan fingerprint density at radius 2 is 1.30 bits per heavy atom. The van der Waals surface area contributed by atoms with E-state index in [-0.39, 0.29) is 6.04 Å². The summed E-state index contributed by atoms with van der Waals surface area (Å²) < 4.78 is 0. The van der Waals surface area contributed by atoms with Crippen molar-refractivity contribution in [2.45, 2.75) is 32.2 Å². The van der Waals surface area contributed by atoms with Gasteiger partial charge in [-0.2, -0.15) is 0 Å². The van der Waals surface area contributed by atoms with Crippen molar-refractivity contribution in [2.75, 3.05) is 0 Å². The Morgan fingerprint density at radius 1 is 0.620 bits per heavy atom. The summed E-state index contributed by atoms with van der Waals surface area (Å²) in [6.07, 6.45) is 25.0. The van der Waals surface area contributed by atoms with Crippen molar-refractivity contribution >= 4 is 16.7 Å². The topological polar surface area (TPSA) is 26.0 Å². The van der Waals surface area contributed by atoms with Crippen LogP contribution in [0.5, 0.6) is 0 Å². The van der Waals surface area contributed by atoms with Crippen molar-refractivity contribution in [1.29, 1.82) is 0 Å². The molecule has 0 bridgehead atoms. The maximum absolute atomic E-state index is 7.11. The predicted octanol–water partition coefficient (Wildman–Crippen LogP) is 12.7. The number of hydrogen-bond acceptors (Lipinski definition) is 1. The molecule has 7 rings (SSSR count). The SMILES string of the molecule is C/C=C\C(=C1\C=CC=CC1)c1cccc(/C(=C/C(N)c2cccc(-c3ccccc3)c2)c2cccc(-c3cccc(C4=CC=CCC4)c3)c2)c1. The van der Waals surface area contributed by atoms with Crippen LogP contribution in [0, 0.1) is 0 Å². The van der Waals surface area contributed by atoms with Gasteiger partial charge in [0.25, 0.3) is 0 Å². The van der Waals surface area contributed by atoms with Gasteiger partial charge in [-0.25, -0.2) is 0 Å². The molecule has 244 valence electrons. The van der Waals surface area contributed by atoms with Crippen molar-refractivity contribution in [1.82, 2.24) is 0 Å². The fourth-order valence-electron chi connectivity index (χ4n) is 6.92. The summed E-state index contributed by atoms with van der Waals surface area (Å²) in [5.41, 5.74) is 22.8. The predicted molar refractivity (Wildman–Crippen MR) is 215 cm³/mol. The van der Waals surface area contributed by atoms with E-state index in [1.54, 1.807) is 0 Å². The van der Waals surface area contributed by atoms with E-state index in [2.05, 4.69) is 195 Å². The first-order valence-electron chi connectivity index (χ1n) is 17.7. The van der Waals surface area contributed by atoms with Crippen LogP contribution < -0.4 is 5.73 Å². The number of nitrogens with two attached hydrogens (primary N) is 1. The molecule has 1 nitrogen and oxygen atoms in total. The van der Waals surface area contributed by atoms with Crippen LogP contribution in [0.4, 0.5) is 0 Å². The molecule has 2 aliphatic carbocycles. The van der Waals surface area contributed by atoms with Gasteiger partial charge in [-0.3, -0.25) is 0 Å². The van der Waals surface area contributed by atoms with Crippen LogP contribution in [0.3, 0.4) is 0 Å². The first kappa shape index (κ1) is 32.8. The zero-order chi connectivity index (χ0) is 34.1. The average molecular weight is 646 g/mol. The normalized spacial score (nSPS) is 16.0. The molecule has 0 aliphatic heterocycles. The second-order valence-electron chi connectivity index (χ2n) is 12.9. The lowest BCUT2D eigenvalue weighted by Crippen LogP contribution is -2.08. The Hall–Kier alpha value is -5.76. The third kappa shape index (κ3) is 7.60. The Kier molecular flexibility index (Phi) is 10.2. The molecule has 2 N–H and O–H groups in total. The standard InChI is InChI=1S/C49H43N/c1-2-16-47(38-21-10-5-11-22-38)43-27-15-29-45(34-43)48(35-49(50)46-30-14-24-40(33-46)37-19-8-4-9-20-37)44-28-13-26-42(32-44)41-25-12-23-39(31-41)36-17-6-3-7-18-36/h2-6,8-17,19-21,23-35,49H,7,18,22,50H2,1H3/b16-2-,47-38+,48-35+. The maximum Gasteiger partial charge on any atom is 0.0490 e. The van der Waals surface area contributed by atoms with Gasteiger partial charge in [-0.15, -0.1) is 0 Å². The summed E-state index contributed by atoms with van der Waals surface area (Å²) in [7, 11) is 0. The third-order valence-corrected chi connectivity index (χ3v) is 9.53. The molecule has 0 aromatic heterocycles. The maximum atomic E-state index is 7.11. The van der Waals surface area contributed by atoms with Gasteiger partial charge in [0.1, 0.15) is 0 Å². The van der Waals surface area contributed by atoms with Gasteiger partial charge in [0, 0.05) is 6.04 Å². The lowest BCUT2D eigenvalue weighted by molar-refractivity contribution is 0.913. The van der Waals surface area contributed by atoms with Gasteiger partial charge in [0.15, 0.2) is 0 Å². The molecule has 0 radical (unpaired) electrons. The zero-order valence-electron chi connectivity index (χ0n) is 28.7. The number of hydrogen-bond donors (Lipinski definition) is 1. The van der Waals surface area contributed by atoms with Crippen molar-refractivity contribution in [2.24, 2.45) is 5.73 Å². The van der Waals surface area contributed by atoms with Crippen molar-refractivity contribution in [3.05, 3.63) is 222 Å². The van der Waals surface area contributed by atoms with E-state index in [1.165, 1.54) is 44.5 Å². The zero-order valence-corrected chi connectivity index (χ0v) is 28.7. The van der Waals surface area contributed by atoms with Crippen LogP contribution in [-0.2, 0) is 0 Å². The number of benzene rings is 5. The lowest BCUT2D eigenvalue weighted by Gasteiger charge is -2.17. The van der Waals surface area contributed by atoms with E-state index in [1.807, 2.05) is 0 Å². The van der Waals surface area contributed by atoms with Crippen LogP contribution in [-0.4, -0.2) is 0 Å². The van der Waals surface area contributed by atoms with Crippen LogP contribution in [0.25, 0.3) is 39.0 Å². The molecular formula is C49H43N. The second-order valence-corrected chi connectivity index (χ2v) is 12.9. The van der Waals surface area contributed by atoms with Crippen molar-refractivity contribution < 1.29 is 0 Å². The van der Waals surface area contributed by atoms with E-state index in [0.717, 1.165) is 47.1 Å². The summed E-state index contributed by atoms with van der Waals surface area (Å²) >= 11 is 0. The smallest absolute Gasteiger partial charge is 0.0490 e. The van der Waals surface area contributed by atoms with Gasteiger partial charge >= 0.3 is 0 Å². The van der Waals surface area contributed by atoms with Crippen LogP contribution in [0.15, 0.2) is 194 Å². The van der Waals surface area contributed by atoms with Gasteiger partial charge in [-0.05, 0) is 123 Å². The van der Waals surface area contributed by atoms with Crippen LogP contribution in [0.1, 0.15) is 60.0 Å². The summed E-state index contributed by atoms with van der Waals surface area (Å²) in [6, 6.07) is 45.6. The molecule has 50 heavy (non-hydrogen) atoms. The Labute approximate surface area is 297 Å². The first-order chi connectivity index (χ1) is 24.7. The first-order valence-corrected chi connectivity index (χ1v) is 17.7. The minimum Gasteiger partial charge on any atom is -0.321 e. The molecule has 1 atom stereocenters. The second kappa shape index (κ2) is 15.6. The molecule has 1 heteroatoms. The highest BCUT2D eigenvalue weighted by Crippen LogP contribution is 2.35. The lowest BCUT2D eigenvalue weighted by atomic mass is 9.88. The fraction of sp³-hybridized carbons (Fsp3) is 0.102. The van der Waals surface area contributed by atoms with E-state index >= 15 is 0 Å². The molecule has 1 unspecified atom stereocenters. The van der Waals surface area contributed by atoms with Crippen LogP contribution >= 0.6 is 0 Å². The molecule has 0 saturated carbocycles. The molecule has 0 amide bonds. The van der Waals surface area contributed by atoms with E-state index < -0.39 is 0 Å². The molecule has 0 saturated heterocycles. The number of rotatable bonds is 9. The Bertz CT molecular complexity index is 2200. The fourth-order valence-corrected chi connectivity index (χ4v) is 6.92. The minimum atomic E-state index is -0.310. The Morgan fingerprint density at radius 3 is 2.06 bits per heavy atom. The van der Waals surface area contributed by atoms with Gasteiger partial charge in [0.2, 0.25) is 0 Å². The molecule has 5 aromatic rings. The van der Waals surface area contributed by atoms with E-state index in [4.69, 9.17) is 5.73 Å².